The number of carbonyl (C=O) groups excluding carboxylic acids is 1. The fourth-order valence-electron chi connectivity index (χ4n) is 2.30. The van der Waals surface area contributed by atoms with Gasteiger partial charge in [0.25, 0.3) is 5.91 Å². The van der Waals surface area contributed by atoms with Crippen LogP contribution in [0.1, 0.15) is 21.5 Å². The lowest BCUT2D eigenvalue weighted by atomic mass is 10.2. The second-order valence-electron chi connectivity index (χ2n) is 5.81. The Morgan fingerprint density at radius 1 is 0.929 bits per heavy atom. The third kappa shape index (κ3) is 5.73. The Kier molecular flexibility index (Phi) is 6.93. The topological polar surface area (TPSA) is 50.7 Å². The molecule has 0 radical (unpaired) electrons. The third-order valence-corrected chi connectivity index (χ3v) is 4.55. The van der Waals surface area contributed by atoms with Crippen LogP contribution in [0.5, 0.6) is 5.75 Å². The predicted molar refractivity (Wildman–Crippen MR) is 114 cm³/mol. The van der Waals surface area contributed by atoms with Gasteiger partial charge in [0.15, 0.2) is 0 Å². The standard InChI is InChI=1S/C21H15Cl3N2O2/c22-16-5-1-15(2-6-16)13-28-18-8-3-14(4-9-18)12-25-26-21(27)19-10-7-17(23)11-20(19)24/h1-12H,13H2,(H,26,27). The van der Waals surface area contributed by atoms with Crippen molar-refractivity contribution in [2.45, 2.75) is 6.61 Å². The number of carbonyl (C=O) groups is 1. The molecule has 0 aliphatic carbocycles. The zero-order valence-corrected chi connectivity index (χ0v) is 16.8. The molecule has 0 spiro atoms. The summed E-state index contributed by atoms with van der Waals surface area (Å²) >= 11 is 17.7. The smallest absolute Gasteiger partial charge is 0.272 e. The Morgan fingerprint density at radius 3 is 2.29 bits per heavy atom. The average molecular weight is 434 g/mol. The second-order valence-corrected chi connectivity index (χ2v) is 7.09. The van der Waals surface area contributed by atoms with E-state index in [0.29, 0.717) is 22.2 Å². The molecule has 28 heavy (non-hydrogen) atoms. The number of hydrogen-bond acceptors (Lipinski definition) is 3. The largest absolute Gasteiger partial charge is 0.489 e. The molecule has 1 N–H and O–H groups in total. The van der Waals surface area contributed by atoms with E-state index in [1.54, 1.807) is 12.1 Å². The molecule has 1 amide bonds. The highest BCUT2D eigenvalue weighted by atomic mass is 35.5. The van der Waals surface area contributed by atoms with E-state index in [0.717, 1.165) is 16.9 Å². The Hall–Kier alpha value is -2.53. The van der Waals surface area contributed by atoms with E-state index in [1.807, 2.05) is 48.5 Å². The molecule has 3 aromatic rings. The molecule has 0 fully saturated rings. The van der Waals surface area contributed by atoms with E-state index in [4.69, 9.17) is 39.5 Å². The summed E-state index contributed by atoms with van der Waals surface area (Å²) in [6, 6.07) is 19.4. The molecule has 0 aliphatic rings. The second kappa shape index (κ2) is 9.60. The zero-order valence-electron chi connectivity index (χ0n) is 14.5. The fourth-order valence-corrected chi connectivity index (χ4v) is 2.92. The van der Waals surface area contributed by atoms with Crippen LogP contribution in [0.15, 0.2) is 71.8 Å². The highest BCUT2D eigenvalue weighted by Gasteiger charge is 2.09. The highest BCUT2D eigenvalue weighted by molar-refractivity contribution is 6.36. The number of halogens is 3. The van der Waals surface area contributed by atoms with Crippen LogP contribution >= 0.6 is 34.8 Å². The van der Waals surface area contributed by atoms with Gasteiger partial charge in [0.05, 0.1) is 16.8 Å². The molecule has 3 aromatic carbocycles. The monoisotopic (exact) mass is 432 g/mol. The lowest BCUT2D eigenvalue weighted by molar-refractivity contribution is 0.0955. The molecule has 0 bridgehead atoms. The summed E-state index contributed by atoms with van der Waals surface area (Å²) < 4.78 is 5.73. The van der Waals surface area contributed by atoms with Gasteiger partial charge in [0.2, 0.25) is 0 Å². The van der Waals surface area contributed by atoms with Gasteiger partial charge < -0.3 is 4.74 Å². The van der Waals surface area contributed by atoms with Gasteiger partial charge in [-0.25, -0.2) is 5.43 Å². The molecule has 0 saturated heterocycles. The summed E-state index contributed by atoms with van der Waals surface area (Å²) in [5, 5.41) is 5.36. The fraction of sp³-hybridized carbons (Fsp3) is 0.0476. The molecule has 0 heterocycles. The van der Waals surface area contributed by atoms with E-state index in [1.165, 1.54) is 12.3 Å². The van der Waals surface area contributed by atoms with E-state index < -0.39 is 5.91 Å². The number of nitrogens with one attached hydrogen (secondary N) is 1. The first kappa shape index (κ1) is 20.2. The van der Waals surface area contributed by atoms with Crippen molar-refractivity contribution in [3.8, 4) is 5.75 Å². The molecule has 142 valence electrons. The van der Waals surface area contributed by atoms with Crippen LogP contribution in [-0.4, -0.2) is 12.1 Å². The van der Waals surface area contributed by atoms with Gasteiger partial charge in [0, 0.05) is 10.0 Å². The first-order valence-corrected chi connectivity index (χ1v) is 9.40. The van der Waals surface area contributed by atoms with Crippen LogP contribution in [0.4, 0.5) is 0 Å². The first-order valence-electron chi connectivity index (χ1n) is 8.27. The number of benzene rings is 3. The van der Waals surface area contributed by atoms with Crippen LogP contribution in [0, 0.1) is 0 Å². The van der Waals surface area contributed by atoms with Crippen LogP contribution in [0.25, 0.3) is 0 Å². The molecule has 0 saturated carbocycles. The summed E-state index contributed by atoms with van der Waals surface area (Å²) in [5.74, 6) is 0.310. The Bertz CT molecular complexity index is 988. The summed E-state index contributed by atoms with van der Waals surface area (Å²) in [5.41, 5.74) is 4.57. The lowest BCUT2D eigenvalue weighted by Crippen LogP contribution is -2.18. The van der Waals surface area contributed by atoms with Crippen LogP contribution in [0.2, 0.25) is 15.1 Å². The minimum absolute atomic E-state index is 0.266. The molecule has 0 atom stereocenters. The zero-order chi connectivity index (χ0) is 19.9. The van der Waals surface area contributed by atoms with Gasteiger partial charge in [-0.1, -0.05) is 46.9 Å². The molecular weight excluding hydrogens is 419 g/mol. The minimum Gasteiger partial charge on any atom is -0.489 e. The quantitative estimate of drug-likeness (QED) is 0.383. The van der Waals surface area contributed by atoms with Crippen molar-refractivity contribution in [2.75, 3.05) is 0 Å². The molecule has 3 rings (SSSR count). The molecule has 7 heteroatoms. The highest BCUT2D eigenvalue weighted by Crippen LogP contribution is 2.20. The van der Waals surface area contributed by atoms with Gasteiger partial charge in [-0.15, -0.1) is 0 Å². The number of ether oxygens (including phenoxy) is 1. The predicted octanol–water partition coefficient (Wildman–Crippen LogP) is 5.99. The Morgan fingerprint density at radius 2 is 1.61 bits per heavy atom. The van der Waals surface area contributed by atoms with Crippen LogP contribution in [-0.2, 0) is 6.61 Å². The van der Waals surface area contributed by atoms with E-state index in [9.17, 15) is 4.79 Å². The minimum atomic E-state index is -0.416. The van der Waals surface area contributed by atoms with Crippen LogP contribution < -0.4 is 10.2 Å². The van der Waals surface area contributed by atoms with Gasteiger partial charge in [-0.05, 0) is 65.7 Å². The average Bonchev–Trinajstić information content (AvgIpc) is 2.68. The van der Waals surface area contributed by atoms with Crippen LogP contribution in [0.3, 0.4) is 0 Å². The number of amides is 1. The van der Waals surface area contributed by atoms with Gasteiger partial charge in [-0.3, -0.25) is 4.79 Å². The van der Waals surface area contributed by atoms with Gasteiger partial charge >= 0.3 is 0 Å². The molecule has 0 aliphatic heterocycles. The van der Waals surface area contributed by atoms with E-state index in [-0.39, 0.29) is 5.02 Å². The number of nitrogens with zero attached hydrogens (tertiary/aromatic N) is 1. The van der Waals surface area contributed by atoms with E-state index >= 15 is 0 Å². The van der Waals surface area contributed by atoms with Crippen molar-refractivity contribution >= 4 is 46.9 Å². The van der Waals surface area contributed by atoms with E-state index in [2.05, 4.69) is 10.5 Å². The molecular formula is C21H15Cl3N2O2. The third-order valence-electron chi connectivity index (χ3n) is 3.75. The van der Waals surface area contributed by atoms with Gasteiger partial charge in [0.1, 0.15) is 12.4 Å². The van der Waals surface area contributed by atoms with Crippen molar-refractivity contribution in [2.24, 2.45) is 5.10 Å². The lowest BCUT2D eigenvalue weighted by Gasteiger charge is -2.06. The van der Waals surface area contributed by atoms with Gasteiger partial charge in [-0.2, -0.15) is 5.10 Å². The molecule has 0 aromatic heterocycles. The van der Waals surface area contributed by atoms with Crippen molar-refractivity contribution in [1.82, 2.24) is 5.43 Å². The normalized spacial score (nSPS) is 10.8. The maximum absolute atomic E-state index is 12.1. The first-order chi connectivity index (χ1) is 13.5. The van der Waals surface area contributed by atoms with Crippen molar-refractivity contribution < 1.29 is 9.53 Å². The molecule has 4 nitrogen and oxygen atoms in total. The van der Waals surface area contributed by atoms with Crippen molar-refractivity contribution in [1.29, 1.82) is 0 Å². The SMILES string of the molecule is O=C(NN=Cc1ccc(OCc2ccc(Cl)cc2)cc1)c1ccc(Cl)cc1Cl. The molecule has 0 unspecified atom stereocenters. The maximum Gasteiger partial charge on any atom is 0.272 e. The summed E-state index contributed by atoms with van der Waals surface area (Å²) in [7, 11) is 0. The number of hydrogen-bond donors (Lipinski definition) is 1. The van der Waals surface area contributed by atoms with Crippen molar-refractivity contribution in [3.63, 3.8) is 0 Å². The van der Waals surface area contributed by atoms with Crippen molar-refractivity contribution in [3.05, 3.63) is 98.5 Å². The summed E-state index contributed by atoms with van der Waals surface area (Å²) in [6.45, 7) is 0.447. The number of hydrazone groups is 1. The maximum atomic E-state index is 12.1. The Balaban J connectivity index is 1.53. The Labute approximate surface area is 177 Å². The summed E-state index contributed by atoms with van der Waals surface area (Å²) in [4.78, 5) is 12.1. The summed E-state index contributed by atoms with van der Waals surface area (Å²) in [6.07, 6.45) is 1.53. The number of rotatable bonds is 6.